The van der Waals surface area contributed by atoms with E-state index in [4.69, 9.17) is 0 Å². The molecule has 0 saturated carbocycles. The summed E-state index contributed by atoms with van der Waals surface area (Å²) in [6, 6.07) is 12.6. The highest BCUT2D eigenvalue weighted by molar-refractivity contribution is 9.10. The Morgan fingerprint density at radius 3 is 2.77 bits per heavy atom. The zero-order valence-electron chi connectivity index (χ0n) is 16.4. The van der Waals surface area contributed by atoms with E-state index < -0.39 is 11.7 Å². The Hall–Kier alpha value is -2.45. The third-order valence-electron chi connectivity index (χ3n) is 5.26. The van der Waals surface area contributed by atoms with Crippen LogP contribution in [0.4, 0.5) is 10.2 Å². The monoisotopic (exact) mass is 487 g/mol. The summed E-state index contributed by atoms with van der Waals surface area (Å²) >= 11 is 4.63. The van der Waals surface area contributed by atoms with E-state index in [2.05, 4.69) is 26.2 Å². The molecule has 1 N–H and O–H groups in total. The fourth-order valence-corrected chi connectivity index (χ4v) is 5.03. The van der Waals surface area contributed by atoms with E-state index >= 15 is 0 Å². The molecule has 5 nitrogen and oxygen atoms in total. The minimum Gasteiger partial charge on any atom is -0.312 e. The van der Waals surface area contributed by atoms with Gasteiger partial charge in [0.1, 0.15) is 11.6 Å². The second-order valence-electron chi connectivity index (χ2n) is 7.21. The summed E-state index contributed by atoms with van der Waals surface area (Å²) in [7, 11) is 1.79. The molecule has 0 aliphatic carbocycles. The van der Waals surface area contributed by atoms with Crippen LogP contribution in [0.5, 0.6) is 0 Å². The molecule has 8 heteroatoms. The van der Waals surface area contributed by atoms with Crippen LogP contribution in [0.3, 0.4) is 0 Å². The average molecular weight is 488 g/mol. The molecule has 3 aromatic rings. The Morgan fingerprint density at radius 1 is 1.27 bits per heavy atom. The van der Waals surface area contributed by atoms with Crippen LogP contribution in [0.25, 0.3) is 0 Å². The molecule has 4 rings (SSSR count). The molecule has 0 fully saturated rings. The first-order chi connectivity index (χ1) is 14.3. The van der Waals surface area contributed by atoms with Gasteiger partial charge in [-0.3, -0.25) is 9.59 Å². The van der Waals surface area contributed by atoms with Crippen molar-refractivity contribution in [3.8, 4) is 0 Å². The highest BCUT2D eigenvalue weighted by Crippen LogP contribution is 2.37. The Balaban J connectivity index is 1.74. The van der Waals surface area contributed by atoms with Crippen LogP contribution < -0.4 is 10.9 Å². The fraction of sp³-hybridized carbons (Fsp3) is 0.227. The lowest BCUT2D eigenvalue weighted by Gasteiger charge is -2.27. The summed E-state index contributed by atoms with van der Waals surface area (Å²) in [6.45, 7) is 2.04. The Bertz CT molecular complexity index is 1210. The van der Waals surface area contributed by atoms with Crippen LogP contribution in [0.2, 0.25) is 0 Å². The predicted octanol–water partition coefficient (Wildman–Crippen LogP) is 4.76. The number of carbonyl (C=O) groups is 1. The lowest BCUT2D eigenvalue weighted by molar-refractivity contribution is -0.116. The van der Waals surface area contributed by atoms with Crippen LogP contribution in [-0.2, 0) is 17.6 Å². The largest absolute Gasteiger partial charge is 0.312 e. The number of nitrogens with zero attached hydrogens (tertiary/aromatic N) is 2. The molecule has 2 heterocycles. The Kier molecular flexibility index (Phi) is 5.79. The first-order valence-electron chi connectivity index (χ1n) is 9.38. The Morgan fingerprint density at radius 2 is 2.03 bits per heavy atom. The van der Waals surface area contributed by atoms with E-state index in [1.807, 2.05) is 31.2 Å². The smallest absolute Gasteiger partial charge is 0.279 e. The number of anilines is 1. The highest BCUT2D eigenvalue weighted by atomic mass is 79.9. The standard InChI is InChI=1S/C22H19BrFN3O2S/c1-12-5-3-4-6-14(12)11-30-22-26-21(29)19-15(10-18(28)25-20(19)27(22)2)13-7-8-17(24)16(23)9-13/h3-9,15H,10-11H2,1-2H3,(H,25,28)/t15-/m1/s1. The summed E-state index contributed by atoms with van der Waals surface area (Å²) in [4.78, 5) is 29.7. The number of benzene rings is 2. The van der Waals surface area contributed by atoms with Crippen LogP contribution in [0, 0.1) is 12.7 Å². The molecule has 30 heavy (non-hydrogen) atoms. The minimum atomic E-state index is -0.479. The molecule has 0 spiro atoms. The molecule has 1 aliphatic rings. The number of amides is 1. The van der Waals surface area contributed by atoms with Gasteiger partial charge >= 0.3 is 0 Å². The van der Waals surface area contributed by atoms with Crippen molar-refractivity contribution in [2.75, 3.05) is 5.32 Å². The van der Waals surface area contributed by atoms with E-state index in [1.165, 1.54) is 23.4 Å². The quantitative estimate of drug-likeness (QED) is 0.425. The van der Waals surface area contributed by atoms with Crippen molar-refractivity contribution < 1.29 is 9.18 Å². The highest BCUT2D eigenvalue weighted by Gasteiger charge is 2.32. The maximum Gasteiger partial charge on any atom is 0.279 e. The van der Waals surface area contributed by atoms with E-state index in [0.29, 0.717) is 32.3 Å². The molecule has 1 amide bonds. The van der Waals surface area contributed by atoms with Crippen LogP contribution in [-0.4, -0.2) is 15.5 Å². The summed E-state index contributed by atoms with van der Waals surface area (Å²) in [5.74, 6) is 0.0436. The number of hydrogen-bond acceptors (Lipinski definition) is 4. The molecule has 1 aromatic heterocycles. The van der Waals surface area contributed by atoms with Crippen molar-refractivity contribution in [2.24, 2.45) is 7.05 Å². The maximum atomic E-state index is 13.7. The van der Waals surface area contributed by atoms with Gasteiger partial charge < -0.3 is 9.88 Å². The van der Waals surface area contributed by atoms with Crippen molar-refractivity contribution in [3.05, 3.63) is 85.4 Å². The van der Waals surface area contributed by atoms with Crippen molar-refractivity contribution >= 4 is 39.4 Å². The van der Waals surface area contributed by atoms with Crippen LogP contribution >= 0.6 is 27.7 Å². The first-order valence-corrected chi connectivity index (χ1v) is 11.2. The second-order valence-corrected chi connectivity index (χ2v) is 9.01. The van der Waals surface area contributed by atoms with Gasteiger partial charge in [-0.2, -0.15) is 4.98 Å². The summed E-state index contributed by atoms with van der Waals surface area (Å²) < 4.78 is 15.7. The SMILES string of the molecule is Cc1ccccc1CSc1nc(=O)c2c(n1C)NC(=O)C[C@@H]2c1ccc(F)c(Br)c1. The maximum absolute atomic E-state index is 13.7. The lowest BCUT2D eigenvalue weighted by atomic mass is 9.87. The van der Waals surface area contributed by atoms with Crippen molar-refractivity contribution in [2.45, 2.75) is 30.2 Å². The number of aromatic nitrogens is 2. The van der Waals surface area contributed by atoms with Gasteiger partial charge in [0, 0.05) is 25.1 Å². The molecule has 2 aromatic carbocycles. The van der Waals surface area contributed by atoms with E-state index in [1.54, 1.807) is 23.7 Å². The number of hydrogen-bond donors (Lipinski definition) is 1. The molecular formula is C22H19BrFN3O2S. The van der Waals surface area contributed by atoms with E-state index in [0.717, 1.165) is 5.56 Å². The summed E-state index contributed by atoms with van der Waals surface area (Å²) in [5.41, 5.74) is 3.08. The molecule has 1 aliphatic heterocycles. The topological polar surface area (TPSA) is 64.0 Å². The number of thioether (sulfide) groups is 1. The molecule has 0 bridgehead atoms. The zero-order valence-corrected chi connectivity index (χ0v) is 18.8. The van der Waals surface area contributed by atoms with Gasteiger partial charge in [-0.25, -0.2) is 4.39 Å². The minimum absolute atomic E-state index is 0.109. The second kappa shape index (κ2) is 8.35. The third-order valence-corrected chi connectivity index (χ3v) is 6.95. The molecular weight excluding hydrogens is 469 g/mol. The average Bonchev–Trinajstić information content (AvgIpc) is 2.72. The van der Waals surface area contributed by atoms with Gasteiger partial charge in [0.2, 0.25) is 5.91 Å². The first kappa shape index (κ1) is 20.8. The zero-order chi connectivity index (χ0) is 21.4. The van der Waals surface area contributed by atoms with Crippen molar-refractivity contribution in [1.82, 2.24) is 9.55 Å². The third kappa shape index (κ3) is 3.94. The molecule has 1 atom stereocenters. The molecule has 0 saturated heterocycles. The van der Waals surface area contributed by atoms with Crippen LogP contribution in [0.15, 0.2) is 56.9 Å². The van der Waals surface area contributed by atoms with Gasteiger partial charge in [0.05, 0.1) is 10.0 Å². The molecule has 0 radical (unpaired) electrons. The number of aryl methyl sites for hydroxylation is 1. The predicted molar refractivity (Wildman–Crippen MR) is 119 cm³/mol. The van der Waals surface area contributed by atoms with E-state index in [9.17, 15) is 14.0 Å². The van der Waals surface area contributed by atoms with Gasteiger partial charge in [-0.1, -0.05) is 42.1 Å². The number of carbonyl (C=O) groups excluding carboxylic acids is 1. The van der Waals surface area contributed by atoms with Gasteiger partial charge in [-0.15, -0.1) is 0 Å². The van der Waals surface area contributed by atoms with Gasteiger partial charge in [0.25, 0.3) is 5.56 Å². The number of nitrogens with one attached hydrogen (secondary N) is 1. The van der Waals surface area contributed by atoms with Crippen molar-refractivity contribution in [3.63, 3.8) is 0 Å². The van der Waals surface area contributed by atoms with Gasteiger partial charge in [0.15, 0.2) is 5.16 Å². The summed E-state index contributed by atoms with van der Waals surface area (Å²) in [6.07, 6.45) is 0.109. The van der Waals surface area contributed by atoms with Gasteiger partial charge in [-0.05, 0) is 51.7 Å². The number of fused-ring (bicyclic) bond motifs is 1. The number of halogens is 2. The van der Waals surface area contributed by atoms with E-state index in [-0.39, 0.29) is 17.9 Å². The Labute approximate surface area is 185 Å². The molecule has 0 unspecified atom stereocenters. The van der Waals surface area contributed by atoms with Crippen LogP contribution in [0.1, 0.15) is 34.6 Å². The molecule has 154 valence electrons. The summed E-state index contributed by atoms with van der Waals surface area (Å²) in [5, 5.41) is 3.36. The number of rotatable bonds is 4. The fourth-order valence-electron chi connectivity index (χ4n) is 3.59. The lowest BCUT2D eigenvalue weighted by Crippen LogP contribution is -2.33. The normalized spacial score (nSPS) is 15.6. The van der Waals surface area contributed by atoms with Crippen molar-refractivity contribution in [1.29, 1.82) is 0 Å².